The van der Waals surface area contributed by atoms with Gasteiger partial charge < -0.3 is 14.2 Å². The average molecular weight is 222 g/mol. The Bertz CT molecular complexity index is 388. The quantitative estimate of drug-likeness (QED) is 0.715. The summed E-state index contributed by atoms with van der Waals surface area (Å²) in [5.41, 5.74) is 0. The summed E-state index contributed by atoms with van der Waals surface area (Å²) in [7, 11) is 0. The summed E-state index contributed by atoms with van der Waals surface area (Å²) in [4.78, 5) is 11.6. The van der Waals surface area contributed by atoms with Crippen LogP contribution in [0.5, 0.6) is 11.5 Å². The standard InChI is InChI=1S/C12H14O4/c1-3-14-12(13)11-8(2)15-9-6-4-5-7-10(9)16-11/h4-8,11H,3H2,1-2H3/t8-,11-/m1/s1. The third-order valence-corrected chi connectivity index (χ3v) is 2.36. The Kier molecular flexibility index (Phi) is 2.99. The molecule has 1 aromatic rings. The van der Waals surface area contributed by atoms with Crippen molar-refractivity contribution in [3.8, 4) is 11.5 Å². The molecule has 4 heteroatoms. The largest absolute Gasteiger partial charge is 0.482 e. The molecule has 1 aliphatic heterocycles. The molecule has 4 nitrogen and oxygen atoms in total. The summed E-state index contributed by atoms with van der Waals surface area (Å²) in [5.74, 6) is 0.860. The second-order valence-electron chi connectivity index (χ2n) is 3.56. The lowest BCUT2D eigenvalue weighted by Gasteiger charge is -2.30. The number of hydrogen-bond acceptors (Lipinski definition) is 4. The van der Waals surface area contributed by atoms with Gasteiger partial charge in [0.25, 0.3) is 0 Å². The molecule has 0 bridgehead atoms. The Hall–Kier alpha value is -1.71. The van der Waals surface area contributed by atoms with E-state index in [2.05, 4.69) is 0 Å². The van der Waals surface area contributed by atoms with Crippen molar-refractivity contribution < 1.29 is 19.0 Å². The predicted molar refractivity (Wildman–Crippen MR) is 57.6 cm³/mol. The van der Waals surface area contributed by atoms with Crippen LogP contribution in [0.15, 0.2) is 24.3 Å². The zero-order valence-corrected chi connectivity index (χ0v) is 9.30. The summed E-state index contributed by atoms with van der Waals surface area (Å²) >= 11 is 0. The Labute approximate surface area is 94.1 Å². The number of ether oxygens (including phenoxy) is 3. The van der Waals surface area contributed by atoms with Gasteiger partial charge in [-0.05, 0) is 26.0 Å². The first-order valence-corrected chi connectivity index (χ1v) is 5.31. The summed E-state index contributed by atoms with van der Waals surface area (Å²) in [6.45, 7) is 3.89. The SMILES string of the molecule is CCOC(=O)[C@@H]1Oc2ccccc2O[C@@H]1C. The lowest BCUT2D eigenvalue weighted by Crippen LogP contribution is -2.44. The third-order valence-electron chi connectivity index (χ3n) is 2.36. The van der Waals surface area contributed by atoms with Crippen molar-refractivity contribution in [2.45, 2.75) is 26.1 Å². The van der Waals surface area contributed by atoms with Crippen molar-refractivity contribution in [2.75, 3.05) is 6.61 Å². The Morgan fingerprint density at radius 1 is 1.31 bits per heavy atom. The number of para-hydroxylation sites is 2. The van der Waals surface area contributed by atoms with Crippen LogP contribution < -0.4 is 9.47 Å². The number of hydrogen-bond donors (Lipinski definition) is 0. The van der Waals surface area contributed by atoms with Gasteiger partial charge in [-0.1, -0.05) is 12.1 Å². The number of fused-ring (bicyclic) bond motifs is 1. The lowest BCUT2D eigenvalue weighted by molar-refractivity contribution is -0.157. The molecular weight excluding hydrogens is 208 g/mol. The number of esters is 1. The topological polar surface area (TPSA) is 44.8 Å². The normalized spacial score (nSPS) is 22.6. The lowest BCUT2D eigenvalue weighted by atomic mass is 10.2. The van der Waals surface area contributed by atoms with E-state index in [0.29, 0.717) is 18.1 Å². The highest BCUT2D eigenvalue weighted by molar-refractivity contribution is 5.76. The van der Waals surface area contributed by atoms with E-state index in [9.17, 15) is 4.79 Å². The molecule has 0 saturated carbocycles. The van der Waals surface area contributed by atoms with E-state index in [0.717, 1.165) is 0 Å². The van der Waals surface area contributed by atoms with Crippen molar-refractivity contribution in [2.24, 2.45) is 0 Å². The molecule has 0 amide bonds. The molecule has 2 rings (SSSR count). The van der Waals surface area contributed by atoms with Crippen molar-refractivity contribution in [1.29, 1.82) is 0 Å². The summed E-state index contributed by atoms with van der Waals surface area (Å²) in [6, 6.07) is 7.28. The van der Waals surface area contributed by atoms with Crippen molar-refractivity contribution in [3.63, 3.8) is 0 Å². The Morgan fingerprint density at radius 3 is 2.56 bits per heavy atom. The first-order chi connectivity index (χ1) is 7.72. The molecule has 0 N–H and O–H groups in total. The van der Waals surface area contributed by atoms with E-state index in [1.54, 1.807) is 19.9 Å². The second-order valence-corrected chi connectivity index (χ2v) is 3.56. The molecular formula is C12H14O4. The van der Waals surface area contributed by atoms with Crippen LogP contribution >= 0.6 is 0 Å². The first kappa shape index (κ1) is 10.8. The fourth-order valence-corrected chi connectivity index (χ4v) is 1.60. The van der Waals surface area contributed by atoms with Gasteiger partial charge in [-0.25, -0.2) is 4.79 Å². The maximum Gasteiger partial charge on any atom is 0.351 e. The van der Waals surface area contributed by atoms with Crippen molar-refractivity contribution in [1.82, 2.24) is 0 Å². The zero-order valence-electron chi connectivity index (χ0n) is 9.30. The smallest absolute Gasteiger partial charge is 0.351 e. The van der Waals surface area contributed by atoms with E-state index in [1.807, 2.05) is 18.2 Å². The molecule has 0 spiro atoms. The van der Waals surface area contributed by atoms with Gasteiger partial charge in [0, 0.05) is 0 Å². The van der Waals surface area contributed by atoms with Gasteiger partial charge in [0.05, 0.1) is 6.61 Å². The van der Waals surface area contributed by atoms with E-state index in [-0.39, 0.29) is 12.1 Å². The van der Waals surface area contributed by atoms with E-state index in [4.69, 9.17) is 14.2 Å². The highest BCUT2D eigenvalue weighted by Crippen LogP contribution is 2.33. The fourth-order valence-electron chi connectivity index (χ4n) is 1.60. The highest BCUT2D eigenvalue weighted by atomic mass is 16.6. The van der Waals surface area contributed by atoms with Crippen molar-refractivity contribution in [3.05, 3.63) is 24.3 Å². The molecule has 2 atom stereocenters. The minimum Gasteiger partial charge on any atom is -0.482 e. The molecule has 86 valence electrons. The molecule has 1 aliphatic rings. The van der Waals surface area contributed by atoms with Crippen LogP contribution in [0.1, 0.15) is 13.8 Å². The molecule has 0 unspecified atom stereocenters. The van der Waals surface area contributed by atoms with Crippen LogP contribution in [0.25, 0.3) is 0 Å². The highest BCUT2D eigenvalue weighted by Gasteiger charge is 2.34. The zero-order chi connectivity index (χ0) is 11.5. The van der Waals surface area contributed by atoms with E-state index < -0.39 is 6.10 Å². The molecule has 0 radical (unpaired) electrons. The predicted octanol–water partition coefficient (Wildman–Crippen LogP) is 1.78. The Morgan fingerprint density at radius 2 is 1.94 bits per heavy atom. The first-order valence-electron chi connectivity index (χ1n) is 5.31. The second kappa shape index (κ2) is 4.43. The fraction of sp³-hybridized carbons (Fsp3) is 0.417. The van der Waals surface area contributed by atoms with Crippen LogP contribution in [0, 0.1) is 0 Å². The maximum absolute atomic E-state index is 11.6. The third kappa shape index (κ3) is 1.96. The number of carbonyl (C=O) groups excluding carboxylic acids is 1. The van der Waals surface area contributed by atoms with Crippen molar-refractivity contribution >= 4 is 5.97 Å². The molecule has 0 fully saturated rings. The van der Waals surface area contributed by atoms with Gasteiger partial charge in [0.1, 0.15) is 6.10 Å². The van der Waals surface area contributed by atoms with Gasteiger partial charge in [-0.15, -0.1) is 0 Å². The van der Waals surface area contributed by atoms with Crippen LogP contribution in [0.2, 0.25) is 0 Å². The Balaban J connectivity index is 2.18. The summed E-state index contributed by atoms with van der Waals surface area (Å²) < 4.78 is 16.1. The molecule has 1 aromatic carbocycles. The van der Waals surface area contributed by atoms with Crippen LogP contribution in [-0.4, -0.2) is 24.8 Å². The summed E-state index contributed by atoms with van der Waals surface area (Å²) in [5, 5.41) is 0. The van der Waals surface area contributed by atoms with Gasteiger partial charge in [0.2, 0.25) is 6.10 Å². The van der Waals surface area contributed by atoms with E-state index in [1.165, 1.54) is 0 Å². The molecule has 1 heterocycles. The molecule has 16 heavy (non-hydrogen) atoms. The minimum absolute atomic E-state index is 0.339. The minimum atomic E-state index is -0.685. The van der Waals surface area contributed by atoms with Crippen LogP contribution in [-0.2, 0) is 9.53 Å². The summed E-state index contributed by atoms with van der Waals surface area (Å²) in [6.07, 6.45) is -1.02. The van der Waals surface area contributed by atoms with Gasteiger partial charge >= 0.3 is 5.97 Å². The van der Waals surface area contributed by atoms with Gasteiger partial charge in [0.15, 0.2) is 11.5 Å². The monoisotopic (exact) mass is 222 g/mol. The van der Waals surface area contributed by atoms with Gasteiger partial charge in [-0.2, -0.15) is 0 Å². The number of carbonyl (C=O) groups is 1. The van der Waals surface area contributed by atoms with Gasteiger partial charge in [-0.3, -0.25) is 0 Å². The van der Waals surface area contributed by atoms with E-state index >= 15 is 0 Å². The van der Waals surface area contributed by atoms with Crippen LogP contribution in [0.4, 0.5) is 0 Å². The molecule has 0 saturated heterocycles. The average Bonchev–Trinajstić information content (AvgIpc) is 2.28. The van der Waals surface area contributed by atoms with Crippen LogP contribution in [0.3, 0.4) is 0 Å². The number of benzene rings is 1. The number of rotatable bonds is 2. The molecule has 0 aromatic heterocycles. The molecule has 0 aliphatic carbocycles. The maximum atomic E-state index is 11.6.